The first kappa shape index (κ1) is 82.8. The number of quaternary nitrogens is 1. The Morgan fingerprint density at radius 2 is 0.679 bits per heavy atom. The van der Waals surface area contributed by atoms with E-state index in [2.05, 4.69) is 32.2 Å². The van der Waals surface area contributed by atoms with Gasteiger partial charge >= 0.3 is 13.8 Å². The molecule has 0 radical (unpaired) electrons. The lowest BCUT2D eigenvalue weighted by molar-refractivity contribution is -0.870. The van der Waals surface area contributed by atoms with Crippen LogP contribution in [-0.4, -0.2) is 74.3 Å². The molecule has 0 rings (SSSR count). The molecule has 0 aromatic heterocycles. The van der Waals surface area contributed by atoms with E-state index in [-0.39, 0.29) is 25.1 Å². The fourth-order valence-corrected chi connectivity index (χ4v) is 12.4. The Labute approximate surface area is 524 Å². The second-order valence-corrected chi connectivity index (χ2v) is 28.6. The third-order valence-corrected chi connectivity index (χ3v) is 18.5. The van der Waals surface area contributed by atoms with Gasteiger partial charge < -0.3 is 19.4 Å². The van der Waals surface area contributed by atoms with Crippen LogP contribution >= 0.6 is 7.82 Å². The van der Waals surface area contributed by atoms with Crippen LogP contribution in [0.3, 0.4) is 0 Å². The van der Waals surface area contributed by atoms with Gasteiger partial charge in [-0.1, -0.05) is 367 Å². The van der Waals surface area contributed by atoms with Crippen LogP contribution in [0, 0.1) is 0 Å². The van der Waals surface area contributed by atoms with Crippen molar-refractivity contribution in [2.75, 3.05) is 40.9 Å². The molecule has 0 saturated carbocycles. The maximum absolute atomic E-state index is 13.6. The molecule has 0 aliphatic rings. The highest BCUT2D eigenvalue weighted by atomic mass is 31.2. The molecule has 0 bridgehead atoms. The summed E-state index contributed by atoms with van der Waals surface area (Å²) in [6.45, 7) is 7.10. The second-order valence-electron chi connectivity index (χ2n) is 27.2. The van der Waals surface area contributed by atoms with Gasteiger partial charge in [0.2, 0.25) is 5.91 Å². The molecule has 500 valence electrons. The number of esters is 1. The Kier molecular flexibility index (Phi) is 63.8. The van der Waals surface area contributed by atoms with Gasteiger partial charge in [0.15, 0.2) is 0 Å². The zero-order chi connectivity index (χ0) is 61.4. The predicted octanol–water partition coefficient (Wildman–Crippen LogP) is 23.9. The van der Waals surface area contributed by atoms with Crippen molar-refractivity contribution < 1.29 is 37.3 Å². The van der Waals surface area contributed by atoms with E-state index >= 15 is 0 Å². The standard InChI is InChI=1S/C74H147N2O7P/c1-7-10-13-16-19-22-25-28-30-32-34-35-36-37-38-39-40-41-43-45-47-49-52-55-58-61-64-67-74(78)83-72(65-62-59-56-53-50-27-24-21-18-15-12-9-3)71(70-82-84(79,80)81-69-68-76(4,5)6)75-73(77)66-63-60-57-54-51-48-46-44-42-33-31-29-26-23-20-17-14-11-8-2/h62,65,71-72H,7-61,63-64,66-70H2,1-6H3,(H-,75,77,79,80)/p+1/b65-62-. The number of hydrogen-bond acceptors (Lipinski definition) is 6. The molecule has 3 atom stereocenters. The van der Waals surface area contributed by atoms with Gasteiger partial charge in [0, 0.05) is 12.8 Å². The van der Waals surface area contributed by atoms with E-state index in [0.29, 0.717) is 23.9 Å². The number of phosphoric ester groups is 1. The highest BCUT2D eigenvalue weighted by molar-refractivity contribution is 7.47. The van der Waals surface area contributed by atoms with E-state index in [1.807, 2.05) is 27.2 Å². The number of nitrogens with zero attached hydrogens (tertiary/aromatic N) is 1. The predicted molar refractivity (Wildman–Crippen MR) is 365 cm³/mol. The Morgan fingerprint density at radius 3 is 0.976 bits per heavy atom. The van der Waals surface area contributed by atoms with Crippen molar-refractivity contribution in [3.63, 3.8) is 0 Å². The minimum absolute atomic E-state index is 0.0462. The van der Waals surface area contributed by atoms with Crippen LogP contribution in [0.2, 0.25) is 0 Å². The van der Waals surface area contributed by atoms with Crippen molar-refractivity contribution in [2.24, 2.45) is 0 Å². The van der Waals surface area contributed by atoms with Gasteiger partial charge in [0.05, 0.1) is 33.8 Å². The molecule has 2 N–H and O–H groups in total. The first-order valence-corrected chi connectivity index (χ1v) is 39.0. The lowest BCUT2D eigenvalue weighted by Crippen LogP contribution is -2.47. The number of allylic oxidation sites excluding steroid dienone is 1. The van der Waals surface area contributed by atoms with Gasteiger partial charge in [-0.05, 0) is 31.8 Å². The second kappa shape index (κ2) is 64.7. The summed E-state index contributed by atoms with van der Waals surface area (Å²) < 4.78 is 30.9. The molecule has 3 unspecified atom stereocenters. The summed E-state index contributed by atoms with van der Waals surface area (Å²) in [5.74, 6) is -0.475. The minimum Gasteiger partial charge on any atom is -0.456 e. The average molecular weight is 1210 g/mol. The topological polar surface area (TPSA) is 111 Å². The highest BCUT2D eigenvalue weighted by Crippen LogP contribution is 2.43. The number of rotatable bonds is 70. The number of carbonyl (C=O) groups excluding carboxylic acids is 2. The molecule has 0 aliphatic heterocycles. The van der Waals surface area contributed by atoms with E-state index in [0.717, 1.165) is 57.8 Å². The molecule has 0 fully saturated rings. The smallest absolute Gasteiger partial charge is 0.456 e. The monoisotopic (exact) mass is 1210 g/mol. The quantitative estimate of drug-likeness (QED) is 0.0205. The molecule has 0 aliphatic carbocycles. The fourth-order valence-electron chi connectivity index (χ4n) is 11.7. The minimum atomic E-state index is -4.45. The van der Waals surface area contributed by atoms with E-state index in [9.17, 15) is 19.0 Å². The summed E-state index contributed by atoms with van der Waals surface area (Å²) in [5.41, 5.74) is 0. The van der Waals surface area contributed by atoms with Crippen molar-refractivity contribution in [1.82, 2.24) is 5.32 Å². The Morgan fingerprint density at radius 1 is 0.405 bits per heavy atom. The molecule has 10 heteroatoms. The maximum Gasteiger partial charge on any atom is 0.472 e. The maximum atomic E-state index is 13.6. The average Bonchev–Trinajstić information content (AvgIpc) is 3.65. The molecule has 0 heterocycles. The molecule has 0 spiro atoms. The lowest BCUT2D eigenvalue weighted by Gasteiger charge is -2.27. The van der Waals surface area contributed by atoms with E-state index in [1.54, 1.807) is 0 Å². The summed E-state index contributed by atoms with van der Waals surface area (Å²) in [6.07, 6.45) is 78.1. The zero-order valence-electron chi connectivity index (χ0n) is 57.4. The largest absolute Gasteiger partial charge is 0.472 e. The number of ether oxygens (including phenoxy) is 1. The van der Waals surface area contributed by atoms with Crippen molar-refractivity contribution in [3.8, 4) is 0 Å². The first-order valence-electron chi connectivity index (χ1n) is 37.5. The lowest BCUT2D eigenvalue weighted by atomic mass is 10.0. The number of amides is 1. The normalized spacial score (nSPS) is 13.5. The van der Waals surface area contributed by atoms with Crippen molar-refractivity contribution in [1.29, 1.82) is 0 Å². The van der Waals surface area contributed by atoms with E-state index in [1.165, 1.54) is 308 Å². The van der Waals surface area contributed by atoms with E-state index < -0.39 is 20.0 Å². The Bertz CT molecular complexity index is 1440. The van der Waals surface area contributed by atoms with Crippen LogP contribution in [-0.2, 0) is 27.9 Å². The van der Waals surface area contributed by atoms with Crippen LogP contribution in [0.5, 0.6) is 0 Å². The zero-order valence-corrected chi connectivity index (χ0v) is 58.3. The van der Waals surface area contributed by atoms with Crippen LogP contribution in [0.4, 0.5) is 0 Å². The molecular formula is C74H148N2O7P+. The highest BCUT2D eigenvalue weighted by Gasteiger charge is 2.30. The van der Waals surface area contributed by atoms with Crippen molar-refractivity contribution in [3.05, 3.63) is 12.2 Å². The van der Waals surface area contributed by atoms with E-state index in [4.69, 9.17) is 13.8 Å². The van der Waals surface area contributed by atoms with Crippen LogP contribution in [0.15, 0.2) is 12.2 Å². The SMILES string of the molecule is CCCCCCCCCCCC/C=C\C(OC(=O)CCCCCCCCCCCCCCCCCCCCCCCCCCCCC)C(COP(=O)(O)OCC[N+](C)(C)C)NC(=O)CCCCCCCCCCCCCCCCCCCCC. The fraction of sp³-hybridized carbons (Fsp3) is 0.946. The summed E-state index contributed by atoms with van der Waals surface area (Å²) in [4.78, 5) is 37.9. The third-order valence-electron chi connectivity index (χ3n) is 17.5. The van der Waals surface area contributed by atoms with Gasteiger partial charge in [0.25, 0.3) is 0 Å². The molecule has 84 heavy (non-hydrogen) atoms. The molecule has 1 amide bonds. The molecular weight excluding hydrogens is 1060 g/mol. The summed E-state index contributed by atoms with van der Waals surface area (Å²) in [5, 5.41) is 3.08. The number of hydrogen-bond donors (Lipinski definition) is 2. The number of unbranched alkanes of at least 4 members (excludes halogenated alkanes) is 54. The number of likely N-dealkylation sites (N-methyl/N-ethyl adjacent to an activating group) is 1. The number of carbonyl (C=O) groups is 2. The van der Waals surface area contributed by atoms with Gasteiger partial charge in [-0.25, -0.2) is 4.57 Å². The molecule has 9 nitrogen and oxygen atoms in total. The van der Waals surface area contributed by atoms with Crippen molar-refractivity contribution >= 4 is 19.7 Å². The van der Waals surface area contributed by atoms with Crippen molar-refractivity contribution in [2.45, 2.75) is 412 Å². The summed E-state index contributed by atoms with van der Waals surface area (Å²) in [6, 6.07) is -0.841. The van der Waals surface area contributed by atoms with Crippen LogP contribution in [0.1, 0.15) is 400 Å². The van der Waals surface area contributed by atoms with Gasteiger partial charge in [0.1, 0.15) is 19.3 Å². The van der Waals surface area contributed by atoms with Gasteiger partial charge in [-0.3, -0.25) is 18.6 Å². The number of nitrogens with one attached hydrogen (secondary N) is 1. The third kappa shape index (κ3) is 65.2. The Balaban J connectivity index is 4.92. The Hall–Kier alpha value is -1.25. The van der Waals surface area contributed by atoms with Gasteiger partial charge in [-0.15, -0.1) is 0 Å². The molecule has 0 aromatic carbocycles. The summed E-state index contributed by atoms with van der Waals surface area (Å²) >= 11 is 0. The summed E-state index contributed by atoms with van der Waals surface area (Å²) in [7, 11) is 1.53. The molecule has 0 saturated heterocycles. The first-order chi connectivity index (χ1) is 40.9. The van der Waals surface area contributed by atoms with Gasteiger partial charge in [-0.2, -0.15) is 0 Å². The van der Waals surface area contributed by atoms with Crippen LogP contribution < -0.4 is 5.32 Å². The molecule has 0 aromatic rings. The van der Waals surface area contributed by atoms with Crippen LogP contribution in [0.25, 0.3) is 0 Å². The number of phosphoric acid groups is 1.